The van der Waals surface area contributed by atoms with E-state index in [1.165, 1.54) is 6.07 Å². The molecule has 1 heterocycles. The second-order valence-electron chi connectivity index (χ2n) is 4.77. The Labute approximate surface area is 122 Å². The van der Waals surface area contributed by atoms with Crippen molar-refractivity contribution in [2.75, 3.05) is 17.7 Å². The maximum absolute atomic E-state index is 13.9. The van der Waals surface area contributed by atoms with Gasteiger partial charge in [0.05, 0.1) is 11.2 Å². The molecular formula is C16H15FN4. The van der Waals surface area contributed by atoms with Crippen LogP contribution >= 0.6 is 0 Å². The summed E-state index contributed by atoms with van der Waals surface area (Å²) >= 11 is 0. The second kappa shape index (κ2) is 5.36. The van der Waals surface area contributed by atoms with Crippen LogP contribution in [0, 0.1) is 12.7 Å². The first kappa shape index (κ1) is 13.3. The lowest BCUT2D eigenvalue weighted by Gasteiger charge is -2.11. The molecule has 0 atom stereocenters. The Kier molecular flexibility index (Phi) is 3.39. The topological polar surface area (TPSA) is 49.8 Å². The summed E-state index contributed by atoms with van der Waals surface area (Å²) in [6.45, 7) is 1.92. The Bertz CT molecular complexity index is 801. The quantitative estimate of drug-likeness (QED) is 0.766. The van der Waals surface area contributed by atoms with Gasteiger partial charge in [0, 0.05) is 12.4 Å². The fourth-order valence-electron chi connectivity index (χ4n) is 2.15. The molecule has 0 aliphatic carbocycles. The summed E-state index contributed by atoms with van der Waals surface area (Å²) in [6.07, 6.45) is 0. The first-order valence-corrected chi connectivity index (χ1v) is 6.65. The van der Waals surface area contributed by atoms with Crippen molar-refractivity contribution in [2.45, 2.75) is 6.92 Å². The van der Waals surface area contributed by atoms with Crippen LogP contribution in [0.5, 0.6) is 0 Å². The van der Waals surface area contributed by atoms with E-state index in [1.54, 1.807) is 19.2 Å². The average molecular weight is 282 g/mol. The van der Waals surface area contributed by atoms with Gasteiger partial charge in [-0.2, -0.15) is 4.98 Å². The van der Waals surface area contributed by atoms with Gasteiger partial charge in [-0.25, -0.2) is 9.37 Å². The van der Waals surface area contributed by atoms with E-state index in [-0.39, 0.29) is 5.82 Å². The molecule has 0 radical (unpaired) electrons. The van der Waals surface area contributed by atoms with Crippen molar-refractivity contribution < 1.29 is 4.39 Å². The highest BCUT2D eigenvalue weighted by atomic mass is 19.1. The largest absolute Gasteiger partial charge is 0.357 e. The summed E-state index contributed by atoms with van der Waals surface area (Å²) in [5, 5.41) is 6.82. The average Bonchev–Trinajstić information content (AvgIpc) is 2.50. The van der Waals surface area contributed by atoms with Gasteiger partial charge in [-0.05, 0) is 36.8 Å². The van der Waals surface area contributed by atoms with Crippen LogP contribution in [-0.2, 0) is 0 Å². The third-order valence-corrected chi connectivity index (χ3v) is 3.20. The predicted molar refractivity (Wildman–Crippen MR) is 83.5 cm³/mol. The van der Waals surface area contributed by atoms with Gasteiger partial charge in [-0.15, -0.1) is 0 Å². The van der Waals surface area contributed by atoms with Crippen LogP contribution in [0.15, 0.2) is 42.5 Å². The fourth-order valence-corrected chi connectivity index (χ4v) is 2.15. The molecule has 0 aliphatic heterocycles. The molecule has 0 spiro atoms. The van der Waals surface area contributed by atoms with Gasteiger partial charge >= 0.3 is 0 Å². The lowest BCUT2D eigenvalue weighted by Crippen LogP contribution is -2.03. The summed E-state index contributed by atoms with van der Waals surface area (Å²) in [7, 11) is 1.75. The van der Waals surface area contributed by atoms with E-state index in [0.29, 0.717) is 17.5 Å². The number of fused-ring (bicyclic) bond motifs is 1. The molecule has 3 rings (SSSR count). The van der Waals surface area contributed by atoms with Crippen molar-refractivity contribution in [2.24, 2.45) is 0 Å². The van der Waals surface area contributed by atoms with Gasteiger partial charge in [0.15, 0.2) is 0 Å². The molecule has 4 nitrogen and oxygen atoms in total. The van der Waals surface area contributed by atoms with Crippen LogP contribution in [0.25, 0.3) is 10.9 Å². The number of aromatic nitrogens is 2. The van der Waals surface area contributed by atoms with Crippen LogP contribution in [0.1, 0.15) is 5.56 Å². The van der Waals surface area contributed by atoms with Crippen molar-refractivity contribution in [3.05, 3.63) is 53.8 Å². The molecule has 5 heteroatoms. The minimum Gasteiger partial charge on any atom is -0.357 e. The van der Waals surface area contributed by atoms with Crippen LogP contribution in [0.3, 0.4) is 0 Å². The van der Waals surface area contributed by atoms with E-state index < -0.39 is 0 Å². The summed E-state index contributed by atoms with van der Waals surface area (Å²) in [5.41, 5.74) is 2.18. The normalized spacial score (nSPS) is 10.6. The molecule has 0 unspecified atom stereocenters. The van der Waals surface area contributed by atoms with E-state index in [2.05, 4.69) is 20.6 Å². The fraction of sp³-hybridized carbons (Fsp3) is 0.125. The summed E-state index contributed by atoms with van der Waals surface area (Å²) in [4.78, 5) is 8.77. The van der Waals surface area contributed by atoms with Gasteiger partial charge < -0.3 is 10.6 Å². The molecule has 21 heavy (non-hydrogen) atoms. The highest BCUT2D eigenvalue weighted by Gasteiger charge is 2.09. The zero-order valence-corrected chi connectivity index (χ0v) is 11.8. The number of para-hydroxylation sites is 1. The van der Waals surface area contributed by atoms with Gasteiger partial charge in [-0.1, -0.05) is 18.2 Å². The Morgan fingerprint density at radius 3 is 2.67 bits per heavy atom. The highest BCUT2D eigenvalue weighted by Crippen LogP contribution is 2.26. The lowest BCUT2D eigenvalue weighted by molar-refractivity contribution is 0.631. The zero-order chi connectivity index (χ0) is 14.8. The van der Waals surface area contributed by atoms with E-state index >= 15 is 0 Å². The third-order valence-electron chi connectivity index (χ3n) is 3.20. The van der Waals surface area contributed by atoms with E-state index in [9.17, 15) is 4.39 Å². The molecule has 0 fully saturated rings. The van der Waals surface area contributed by atoms with E-state index in [1.807, 2.05) is 31.2 Å². The summed E-state index contributed by atoms with van der Waals surface area (Å²) in [6, 6.07) is 12.6. The Morgan fingerprint density at radius 2 is 1.86 bits per heavy atom. The van der Waals surface area contributed by atoms with E-state index in [0.717, 1.165) is 16.5 Å². The molecule has 0 bridgehead atoms. The summed E-state index contributed by atoms with van der Waals surface area (Å²) in [5.74, 6) is 0.757. The van der Waals surface area contributed by atoms with Crippen LogP contribution < -0.4 is 10.6 Å². The third kappa shape index (κ3) is 2.63. The number of aryl methyl sites for hydroxylation is 1. The molecule has 3 aromatic rings. The highest BCUT2D eigenvalue weighted by molar-refractivity contribution is 5.91. The number of benzene rings is 2. The molecule has 1 aromatic heterocycles. The smallest absolute Gasteiger partial charge is 0.224 e. The second-order valence-corrected chi connectivity index (χ2v) is 4.77. The minimum atomic E-state index is -0.311. The summed E-state index contributed by atoms with van der Waals surface area (Å²) < 4.78 is 13.9. The zero-order valence-electron chi connectivity index (χ0n) is 11.8. The minimum absolute atomic E-state index is 0.311. The number of rotatable bonds is 3. The number of nitrogens with one attached hydrogen (secondary N) is 2. The first-order valence-electron chi connectivity index (χ1n) is 6.65. The van der Waals surface area contributed by atoms with Crippen molar-refractivity contribution in [3.8, 4) is 0 Å². The molecular weight excluding hydrogens is 267 g/mol. The van der Waals surface area contributed by atoms with Gasteiger partial charge in [0.1, 0.15) is 11.6 Å². The predicted octanol–water partition coefficient (Wildman–Crippen LogP) is 3.86. The number of hydrogen-bond acceptors (Lipinski definition) is 4. The lowest BCUT2D eigenvalue weighted by atomic mass is 10.2. The van der Waals surface area contributed by atoms with Crippen LogP contribution in [0.4, 0.5) is 21.8 Å². The standard InChI is InChI=1S/C16H15FN4/c1-10-7-8-12(17)14(9-10)19-15-11-5-3-4-6-13(11)20-16(18-2)21-15/h3-9H,1-2H3,(H2,18,19,20,21). The Hall–Kier alpha value is -2.69. The SMILES string of the molecule is CNc1nc(Nc2cc(C)ccc2F)c2ccccc2n1. The number of hydrogen-bond donors (Lipinski definition) is 2. The van der Waals surface area contributed by atoms with Crippen molar-refractivity contribution in [1.29, 1.82) is 0 Å². The number of anilines is 3. The van der Waals surface area contributed by atoms with Crippen molar-refractivity contribution in [1.82, 2.24) is 9.97 Å². The van der Waals surface area contributed by atoms with Gasteiger partial charge in [0.25, 0.3) is 0 Å². The van der Waals surface area contributed by atoms with Crippen molar-refractivity contribution >= 4 is 28.4 Å². The maximum Gasteiger partial charge on any atom is 0.224 e. The Morgan fingerprint density at radius 1 is 1.05 bits per heavy atom. The molecule has 0 saturated carbocycles. The van der Waals surface area contributed by atoms with Crippen LogP contribution in [0.2, 0.25) is 0 Å². The molecule has 0 saturated heterocycles. The monoisotopic (exact) mass is 282 g/mol. The molecule has 0 aliphatic rings. The number of nitrogens with zero attached hydrogens (tertiary/aromatic N) is 2. The number of halogens is 1. The molecule has 2 aromatic carbocycles. The van der Waals surface area contributed by atoms with E-state index in [4.69, 9.17) is 0 Å². The van der Waals surface area contributed by atoms with Gasteiger partial charge in [-0.3, -0.25) is 0 Å². The van der Waals surface area contributed by atoms with Crippen molar-refractivity contribution in [3.63, 3.8) is 0 Å². The Balaban J connectivity index is 2.13. The van der Waals surface area contributed by atoms with Crippen LogP contribution in [-0.4, -0.2) is 17.0 Å². The molecule has 0 amide bonds. The maximum atomic E-state index is 13.9. The first-order chi connectivity index (χ1) is 10.2. The molecule has 106 valence electrons. The van der Waals surface area contributed by atoms with Gasteiger partial charge in [0.2, 0.25) is 5.95 Å². The molecule has 2 N–H and O–H groups in total.